The number of benzene rings is 1. The van der Waals surface area contributed by atoms with Crippen molar-refractivity contribution in [2.24, 2.45) is 5.92 Å². The fourth-order valence-electron chi connectivity index (χ4n) is 4.92. The summed E-state index contributed by atoms with van der Waals surface area (Å²) in [5, 5.41) is -0.131. The van der Waals surface area contributed by atoms with Crippen molar-refractivity contribution in [1.82, 2.24) is 14.7 Å². The molecule has 0 aliphatic rings. The first-order chi connectivity index (χ1) is 22.1. The van der Waals surface area contributed by atoms with Crippen LogP contribution in [0.1, 0.15) is 105 Å². The van der Waals surface area contributed by atoms with Crippen LogP contribution in [0.2, 0.25) is 0 Å². The fourth-order valence-corrected chi connectivity index (χ4v) is 6.08. The van der Waals surface area contributed by atoms with E-state index in [-0.39, 0.29) is 22.7 Å². The second-order valence-corrected chi connectivity index (χ2v) is 16.8. The largest absolute Gasteiger partial charge is 0.459 e. The summed E-state index contributed by atoms with van der Waals surface area (Å²) in [6, 6.07) is 16.9. The maximum atomic E-state index is 13.5. The van der Waals surface area contributed by atoms with E-state index in [1.807, 2.05) is 12.1 Å². The van der Waals surface area contributed by atoms with Gasteiger partial charge in [0.2, 0.25) is 0 Å². The Kier molecular flexibility index (Phi) is 12.5. The van der Waals surface area contributed by atoms with Crippen molar-refractivity contribution in [2.45, 2.75) is 116 Å². The number of anilines is 1. The van der Waals surface area contributed by atoms with Crippen LogP contribution in [-0.4, -0.2) is 48.2 Å². The smallest absolute Gasteiger partial charge is 0.416 e. The van der Waals surface area contributed by atoms with Gasteiger partial charge in [0.05, 0.1) is 11.7 Å². The number of ether oxygens (including phenoxy) is 2. The normalized spacial score (nSPS) is 13.2. The van der Waals surface area contributed by atoms with Gasteiger partial charge in [0.15, 0.2) is 5.03 Å². The molecule has 3 aromatic rings. The Morgan fingerprint density at radius 2 is 1.50 bits per heavy atom. The van der Waals surface area contributed by atoms with Gasteiger partial charge in [0.25, 0.3) is 10.0 Å². The molecule has 0 bridgehead atoms. The van der Waals surface area contributed by atoms with E-state index in [9.17, 15) is 18.0 Å². The van der Waals surface area contributed by atoms with Gasteiger partial charge in [-0.3, -0.25) is 9.69 Å². The van der Waals surface area contributed by atoms with Crippen molar-refractivity contribution in [3.8, 4) is 0 Å². The van der Waals surface area contributed by atoms with Gasteiger partial charge in [0.1, 0.15) is 23.6 Å². The molecule has 0 spiro atoms. The van der Waals surface area contributed by atoms with Crippen molar-refractivity contribution in [1.29, 1.82) is 0 Å². The van der Waals surface area contributed by atoms with Crippen LogP contribution >= 0.6 is 0 Å². The van der Waals surface area contributed by atoms with Gasteiger partial charge in [-0.2, -0.15) is 0 Å². The quantitative estimate of drug-likeness (QED) is 0.184. The van der Waals surface area contributed by atoms with Crippen molar-refractivity contribution in [3.05, 3.63) is 83.7 Å². The minimum absolute atomic E-state index is 0.0160. The van der Waals surface area contributed by atoms with Crippen molar-refractivity contribution >= 4 is 27.9 Å². The molecule has 1 amide bonds. The molecule has 10 nitrogen and oxygen atoms in total. The average Bonchev–Trinajstić information content (AvgIpc) is 2.97. The van der Waals surface area contributed by atoms with Crippen molar-refractivity contribution in [2.75, 3.05) is 11.4 Å². The molecule has 1 N–H and O–H groups in total. The lowest BCUT2D eigenvalue weighted by atomic mass is 9.79. The first-order valence-electron chi connectivity index (χ1n) is 16.4. The highest BCUT2D eigenvalue weighted by Crippen LogP contribution is 2.31. The second kappa shape index (κ2) is 15.6. The maximum Gasteiger partial charge on any atom is 0.416 e. The van der Waals surface area contributed by atoms with Crippen LogP contribution in [-0.2, 0) is 36.1 Å². The van der Waals surface area contributed by atoms with Crippen LogP contribution in [0.15, 0.2) is 71.9 Å². The monoisotopic (exact) mass is 680 g/mol. The molecular formula is C37H52N4O6S. The lowest BCUT2D eigenvalue weighted by molar-refractivity contribution is -0.153. The number of carbonyl (C=O) groups is 2. The number of rotatable bonds is 13. The zero-order valence-electron chi connectivity index (χ0n) is 30.0. The molecule has 1 atom stereocenters. The van der Waals surface area contributed by atoms with E-state index in [4.69, 9.17) is 14.5 Å². The summed E-state index contributed by atoms with van der Waals surface area (Å²) in [6.45, 7) is 18.8. The molecule has 2 aromatic heterocycles. The average molecular weight is 681 g/mol. The Labute approximate surface area is 286 Å². The summed E-state index contributed by atoms with van der Waals surface area (Å²) < 4.78 is 40.9. The van der Waals surface area contributed by atoms with Crippen LogP contribution in [0.4, 0.5) is 10.6 Å². The Morgan fingerprint density at radius 1 is 0.854 bits per heavy atom. The molecule has 262 valence electrons. The van der Waals surface area contributed by atoms with Crippen LogP contribution in [0.5, 0.6) is 0 Å². The maximum absolute atomic E-state index is 13.5. The standard InChI is InChI=1S/C37H52N4O6S/c1-26(2)21-22-37(9,10)28-19-17-27(18-20-28)24-30(40-48(44,45)32-16-11-12-23-38-32)29-14-13-15-31(39-29)41(34(43)47-36(6,7)8)25-33(42)46-35(3,4)5/h11-20,23,26,30,40H,21-22,24-25H2,1-10H3. The van der Waals surface area contributed by atoms with E-state index < -0.39 is 45.9 Å². The molecule has 3 rings (SSSR count). The first kappa shape index (κ1) is 38.6. The van der Waals surface area contributed by atoms with E-state index in [0.29, 0.717) is 11.6 Å². The number of hydrogen-bond acceptors (Lipinski definition) is 8. The fraction of sp³-hybridized carbons (Fsp3) is 0.514. The summed E-state index contributed by atoms with van der Waals surface area (Å²) in [7, 11) is -4.07. The van der Waals surface area contributed by atoms with Crippen molar-refractivity contribution < 1.29 is 27.5 Å². The molecule has 0 aliphatic carbocycles. The molecule has 2 heterocycles. The zero-order valence-corrected chi connectivity index (χ0v) is 30.8. The van der Waals surface area contributed by atoms with Crippen LogP contribution in [0, 0.1) is 5.92 Å². The first-order valence-corrected chi connectivity index (χ1v) is 17.9. The minimum Gasteiger partial charge on any atom is -0.459 e. The van der Waals surface area contributed by atoms with E-state index in [0.717, 1.165) is 23.3 Å². The van der Waals surface area contributed by atoms with Gasteiger partial charge in [-0.05, 0) is 101 Å². The predicted molar refractivity (Wildman–Crippen MR) is 188 cm³/mol. The molecule has 0 saturated carbocycles. The number of esters is 1. The van der Waals surface area contributed by atoms with Crippen molar-refractivity contribution in [3.63, 3.8) is 0 Å². The highest BCUT2D eigenvalue weighted by Gasteiger charge is 2.30. The van der Waals surface area contributed by atoms with Crippen LogP contribution in [0.3, 0.4) is 0 Å². The number of nitrogens with zero attached hydrogens (tertiary/aromatic N) is 3. The van der Waals surface area contributed by atoms with E-state index >= 15 is 0 Å². The molecule has 0 fully saturated rings. The Morgan fingerprint density at radius 3 is 2.06 bits per heavy atom. The van der Waals surface area contributed by atoms with Gasteiger partial charge in [-0.15, -0.1) is 0 Å². The topological polar surface area (TPSA) is 128 Å². The highest BCUT2D eigenvalue weighted by atomic mass is 32.2. The summed E-state index contributed by atoms with van der Waals surface area (Å²) in [5.74, 6) is 0.0661. The molecule has 1 aromatic carbocycles. The number of amides is 1. The Bertz CT molecular complexity index is 1630. The van der Waals surface area contributed by atoms with Gasteiger partial charge in [-0.1, -0.05) is 70.5 Å². The second-order valence-electron chi connectivity index (χ2n) is 15.1. The minimum atomic E-state index is -4.07. The summed E-state index contributed by atoms with van der Waals surface area (Å²) in [4.78, 5) is 36.1. The molecule has 11 heteroatoms. The van der Waals surface area contributed by atoms with Crippen LogP contribution < -0.4 is 9.62 Å². The van der Waals surface area contributed by atoms with Gasteiger partial charge < -0.3 is 9.47 Å². The molecule has 1 unspecified atom stereocenters. The summed E-state index contributed by atoms with van der Waals surface area (Å²) in [5.41, 5.74) is 0.783. The SMILES string of the molecule is CC(C)CCC(C)(C)c1ccc(CC(NS(=O)(=O)c2ccccn2)c2cccc(N(CC(=O)OC(C)(C)C)C(=O)OC(C)(C)C)n2)cc1. The number of hydrogen-bond donors (Lipinski definition) is 1. The van der Waals surface area contributed by atoms with E-state index in [1.54, 1.807) is 71.9 Å². The number of nitrogens with one attached hydrogen (secondary N) is 1. The summed E-state index contributed by atoms with van der Waals surface area (Å²) >= 11 is 0. The number of aromatic nitrogens is 2. The third-order valence-electron chi connectivity index (χ3n) is 7.44. The lowest BCUT2D eigenvalue weighted by Crippen LogP contribution is -2.42. The van der Waals surface area contributed by atoms with Crippen LogP contribution in [0.25, 0.3) is 0 Å². The summed E-state index contributed by atoms with van der Waals surface area (Å²) in [6.07, 6.45) is 3.04. The zero-order chi connectivity index (χ0) is 35.9. The van der Waals surface area contributed by atoms with E-state index in [2.05, 4.69) is 49.5 Å². The molecule has 0 saturated heterocycles. The number of sulfonamides is 1. The predicted octanol–water partition coefficient (Wildman–Crippen LogP) is 7.54. The van der Waals surface area contributed by atoms with E-state index in [1.165, 1.54) is 17.8 Å². The third-order valence-corrected chi connectivity index (χ3v) is 8.83. The highest BCUT2D eigenvalue weighted by molar-refractivity contribution is 7.89. The molecular weight excluding hydrogens is 628 g/mol. The Balaban J connectivity index is 2.03. The van der Waals surface area contributed by atoms with Gasteiger partial charge in [0, 0.05) is 6.20 Å². The van der Waals surface area contributed by atoms with Gasteiger partial charge >= 0.3 is 12.1 Å². The number of carbonyl (C=O) groups excluding carboxylic acids is 2. The third kappa shape index (κ3) is 12.0. The molecule has 0 radical (unpaired) electrons. The van der Waals surface area contributed by atoms with Gasteiger partial charge in [-0.25, -0.2) is 27.9 Å². The number of pyridine rings is 2. The molecule has 48 heavy (non-hydrogen) atoms. The molecule has 0 aliphatic heterocycles. The Hall–Kier alpha value is -3.83. The lowest BCUT2D eigenvalue weighted by Gasteiger charge is -2.28.